The molecule has 5 rings (SSSR count). The molecule has 2 saturated heterocycles. The Morgan fingerprint density at radius 1 is 1.23 bits per heavy atom. The van der Waals surface area contributed by atoms with E-state index in [0.29, 0.717) is 29.1 Å². The van der Waals surface area contributed by atoms with Crippen LogP contribution in [0.4, 0.5) is 0 Å². The van der Waals surface area contributed by atoms with E-state index in [1.807, 2.05) is 15.8 Å². The van der Waals surface area contributed by atoms with Crippen molar-refractivity contribution < 1.29 is 9.53 Å². The number of aromatic nitrogens is 3. The van der Waals surface area contributed by atoms with E-state index in [-0.39, 0.29) is 11.3 Å². The van der Waals surface area contributed by atoms with Crippen molar-refractivity contribution in [2.75, 3.05) is 45.9 Å². The third-order valence-corrected chi connectivity index (χ3v) is 8.17. The zero-order chi connectivity index (χ0) is 20.9. The maximum absolute atomic E-state index is 13.3. The molecule has 3 heterocycles. The lowest BCUT2D eigenvalue weighted by Crippen LogP contribution is -2.59. The van der Waals surface area contributed by atoms with Crippen molar-refractivity contribution in [3.8, 4) is 0 Å². The second-order valence-electron chi connectivity index (χ2n) is 10.8. The number of hydrogen-bond donors (Lipinski definition) is 1. The van der Waals surface area contributed by atoms with Crippen LogP contribution in [-0.4, -0.2) is 82.7 Å². The van der Waals surface area contributed by atoms with Gasteiger partial charge in [0.25, 0.3) is 5.91 Å². The second kappa shape index (κ2) is 7.57. The summed E-state index contributed by atoms with van der Waals surface area (Å²) in [5.41, 5.74) is 7.02. The molecule has 8 heteroatoms. The van der Waals surface area contributed by atoms with Gasteiger partial charge in [0.1, 0.15) is 0 Å². The standard InChI is InChI=1S/C22H36N6O2/c1-21(2)13-22(14-26-7-9-30-10-8-26)15-27(12-19(21)22)20(29)18-11-28(25-24-18)17-5-3-16(23)4-6-17/h11,16-17,19H,3-10,12-15,23H2,1-2H3/t16?,17?,19-,22+/m1/s1. The fourth-order valence-electron chi connectivity index (χ4n) is 6.78. The van der Waals surface area contributed by atoms with Gasteiger partial charge in [0, 0.05) is 44.2 Å². The number of carbonyl (C=O) groups is 1. The first-order chi connectivity index (χ1) is 14.4. The summed E-state index contributed by atoms with van der Waals surface area (Å²) in [7, 11) is 0. The zero-order valence-corrected chi connectivity index (χ0v) is 18.4. The Labute approximate surface area is 179 Å². The molecule has 4 fully saturated rings. The summed E-state index contributed by atoms with van der Waals surface area (Å²) >= 11 is 0. The minimum absolute atomic E-state index is 0.0420. The first kappa shape index (κ1) is 20.4. The van der Waals surface area contributed by atoms with Crippen LogP contribution in [0.25, 0.3) is 0 Å². The van der Waals surface area contributed by atoms with Crippen LogP contribution in [0.1, 0.15) is 62.5 Å². The highest BCUT2D eigenvalue weighted by molar-refractivity contribution is 5.92. The molecule has 2 aliphatic carbocycles. The van der Waals surface area contributed by atoms with Gasteiger partial charge in [-0.1, -0.05) is 19.1 Å². The number of nitrogens with zero attached hydrogens (tertiary/aromatic N) is 5. The van der Waals surface area contributed by atoms with Gasteiger partial charge in [-0.2, -0.15) is 0 Å². The van der Waals surface area contributed by atoms with Gasteiger partial charge in [0.05, 0.1) is 25.5 Å². The van der Waals surface area contributed by atoms with Crippen LogP contribution in [-0.2, 0) is 4.74 Å². The van der Waals surface area contributed by atoms with Gasteiger partial charge in [-0.05, 0) is 43.4 Å². The topological polar surface area (TPSA) is 89.5 Å². The Morgan fingerprint density at radius 3 is 2.67 bits per heavy atom. The molecule has 30 heavy (non-hydrogen) atoms. The molecule has 8 nitrogen and oxygen atoms in total. The molecule has 1 aromatic rings. The molecule has 0 radical (unpaired) electrons. The Morgan fingerprint density at radius 2 is 1.97 bits per heavy atom. The maximum atomic E-state index is 13.3. The van der Waals surface area contributed by atoms with Crippen LogP contribution < -0.4 is 5.73 Å². The van der Waals surface area contributed by atoms with Crippen LogP contribution in [0.2, 0.25) is 0 Å². The molecule has 1 amide bonds. The van der Waals surface area contributed by atoms with Crippen LogP contribution in [0.3, 0.4) is 0 Å². The highest BCUT2D eigenvalue weighted by atomic mass is 16.5. The van der Waals surface area contributed by atoms with Crippen LogP contribution in [0, 0.1) is 16.7 Å². The van der Waals surface area contributed by atoms with Crippen molar-refractivity contribution >= 4 is 5.91 Å². The molecule has 1 aromatic heterocycles. The maximum Gasteiger partial charge on any atom is 0.276 e. The van der Waals surface area contributed by atoms with Crippen LogP contribution >= 0.6 is 0 Å². The predicted octanol–water partition coefficient (Wildman–Crippen LogP) is 1.54. The monoisotopic (exact) mass is 416 g/mol. The molecule has 4 aliphatic rings. The average molecular weight is 417 g/mol. The summed E-state index contributed by atoms with van der Waals surface area (Å²) in [6, 6.07) is 0.622. The number of ether oxygens (including phenoxy) is 1. The molecule has 2 aliphatic heterocycles. The van der Waals surface area contributed by atoms with Gasteiger partial charge in [0.2, 0.25) is 0 Å². The third kappa shape index (κ3) is 3.56. The molecule has 2 saturated carbocycles. The lowest BCUT2D eigenvalue weighted by atomic mass is 9.48. The highest BCUT2D eigenvalue weighted by Crippen LogP contribution is 2.63. The predicted molar refractivity (Wildman–Crippen MR) is 113 cm³/mol. The van der Waals surface area contributed by atoms with Crippen molar-refractivity contribution in [2.24, 2.45) is 22.5 Å². The second-order valence-corrected chi connectivity index (χ2v) is 10.8. The molecular formula is C22H36N6O2. The normalized spacial score (nSPS) is 36.4. The fourth-order valence-corrected chi connectivity index (χ4v) is 6.78. The Hall–Kier alpha value is -1.51. The quantitative estimate of drug-likeness (QED) is 0.801. The molecule has 0 bridgehead atoms. The van der Waals surface area contributed by atoms with E-state index in [2.05, 4.69) is 29.1 Å². The first-order valence-corrected chi connectivity index (χ1v) is 11.6. The number of nitrogens with two attached hydrogens (primary N) is 1. The number of morpholine rings is 1. The number of carbonyl (C=O) groups excluding carboxylic acids is 1. The van der Waals surface area contributed by atoms with Gasteiger partial charge in [-0.3, -0.25) is 9.69 Å². The van der Waals surface area contributed by atoms with Gasteiger partial charge in [0.15, 0.2) is 5.69 Å². The van der Waals surface area contributed by atoms with Gasteiger partial charge >= 0.3 is 0 Å². The molecule has 2 N–H and O–H groups in total. The minimum atomic E-state index is 0.0420. The minimum Gasteiger partial charge on any atom is -0.379 e. The number of fused-ring (bicyclic) bond motifs is 1. The summed E-state index contributed by atoms with van der Waals surface area (Å²) < 4.78 is 7.43. The lowest BCUT2D eigenvalue weighted by molar-refractivity contribution is -0.0966. The van der Waals surface area contributed by atoms with Crippen molar-refractivity contribution in [1.82, 2.24) is 24.8 Å². The van der Waals surface area contributed by atoms with E-state index in [1.165, 1.54) is 6.42 Å². The number of likely N-dealkylation sites (tertiary alicyclic amines) is 1. The molecule has 166 valence electrons. The Kier molecular flexibility index (Phi) is 5.14. The smallest absolute Gasteiger partial charge is 0.276 e. The fraction of sp³-hybridized carbons (Fsp3) is 0.864. The summed E-state index contributed by atoms with van der Waals surface area (Å²) in [5.74, 6) is 0.590. The van der Waals surface area contributed by atoms with E-state index in [0.717, 1.165) is 71.6 Å². The van der Waals surface area contributed by atoms with Crippen LogP contribution in [0.5, 0.6) is 0 Å². The SMILES string of the molecule is CC1(C)C[C@]2(CN3CCOCC3)CN(C(=O)c3cn(C4CCC(N)CC4)nn3)C[C@H]12. The van der Waals surface area contributed by atoms with Crippen molar-refractivity contribution in [1.29, 1.82) is 0 Å². The Balaban J connectivity index is 1.27. The molecule has 2 atom stereocenters. The first-order valence-electron chi connectivity index (χ1n) is 11.6. The number of amides is 1. The average Bonchev–Trinajstić information content (AvgIpc) is 3.33. The van der Waals surface area contributed by atoms with E-state index < -0.39 is 0 Å². The lowest BCUT2D eigenvalue weighted by Gasteiger charge is -2.58. The molecule has 0 unspecified atom stereocenters. The van der Waals surface area contributed by atoms with E-state index in [1.54, 1.807) is 0 Å². The summed E-state index contributed by atoms with van der Waals surface area (Å²) in [4.78, 5) is 17.9. The zero-order valence-electron chi connectivity index (χ0n) is 18.4. The third-order valence-electron chi connectivity index (χ3n) is 8.17. The van der Waals surface area contributed by atoms with Crippen molar-refractivity contribution in [3.63, 3.8) is 0 Å². The summed E-state index contributed by atoms with van der Waals surface area (Å²) in [5, 5.41) is 8.57. The summed E-state index contributed by atoms with van der Waals surface area (Å²) in [6.07, 6.45) is 7.10. The molecule has 0 aromatic carbocycles. The van der Waals surface area contributed by atoms with E-state index in [4.69, 9.17) is 10.5 Å². The van der Waals surface area contributed by atoms with Gasteiger partial charge in [-0.15, -0.1) is 5.10 Å². The van der Waals surface area contributed by atoms with E-state index in [9.17, 15) is 4.79 Å². The molecular weight excluding hydrogens is 380 g/mol. The van der Waals surface area contributed by atoms with Gasteiger partial charge in [-0.25, -0.2) is 4.68 Å². The van der Waals surface area contributed by atoms with Crippen molar-refractivity contribution in [2.45, 2.75) is 58.0 Å². The number of hydrogen-bond acceptors (Lipinski definition) is 6. The highest BCUT2D eigenvalue weighted by Gasteiger charge is 2.63. The summed E-state index contributed by atoms with van der Waals surface area (Å²) in [6.45, 7) is 11.1. The molecule has 0 spiro atoms. The van der Waals surface area contributed by atoms with Crippen LogP contribution in [0.15, 0.2) is 6.20 Å². The largest absolute Gasteiger partial charge is 0.379 e. The van der Waals surface area contributed by atoms with E-state index >= 15 is 0 Å². The van der Waals surface area contributed by atoms with Crippen molar-refractivity contribution in [3.05, 3.63) is 11.9 Å². The van der Waals surface area contributed by atoms with Gasteiger partial charge < -0.3 is 15.4 Å². The number of rotatable bonds is 4. The Bertz CT molecular complexity index is 780.